The second-order valence-electron chi connectivity index (χ2n) is 5.82. The highest BCUT2D eigenvalue weighted by Crippen LogP contribution is 2.24. The first kappa shape index (κ1) is 20.4. The smallest absolute Gasteiger partial charge is 0.191 e. The van der Waals surface area contributed by atoms with Crippen LogP contribution in [0.2, 0.25) is 0 Å². The average molecular weight is 491 g/mol. The molecule has 2 aromatic heterocycles. The Morgan fingerprint density at radius 3 is 2.64 bits per heavy atom. The van der Waals surface area contributed by atoms with Crippen molar-refractivity contribution in [3.63, 3.8) is 0 Å². The summed E-state index contributed by atoms with van der Waals surface area (Å²) in [5, 5.41) is 12.2. The SMILES string of the molecule is CN=C(NCCc1csc(N2CCCC2)n1)NCCc1cccs1.I. The molecule has 138 valence electrons. The summed E-state index contributed by atoms with van der Waals surface area (Å²) in [6.45, 7) is 4.07. The molecule has 5 nitrogen and oxygen atoms in total. The van der Waals surface area contributed by atoms with Gasteiger partial charge in [0.1, 0.15) is 0 Å². The van der Waals surface area contributed by atoms with E-state index in [4.69, 9.17) is 4.98 Å². The number of rotatable bonds is 7. The minimum atomic E-state index is 0. The van der Waals surface area contributed by atoms with Gasteiger partial charge in [0.2, 0.25) is 0 Å². The molecule has 1 saturated heterocycles. The Labute approximate surface area is 175 Å². The normalized spacial score (nSPS) is 14.4. The molecule has 0 radical (unpaired) electrons. The van der Waals surface area contributed by atoms with Crippen LogP contribution in [0.25, 0.3) is 0 Å². The second-order valence-corrected chi connectivity index (χ2v) is 7.69. The van der Waals surface area contributed by atoms with Crippen LogP contribution >= 0.6 is 46.7 Å². The monoisotopic (exact) mass is 491 g/mol. The molecule has 0 amide bonds. The van der Waals surface area contributed by atoms with Crippen molar-refractivity contribution in [2.45, 2.75) is 25.7 Å². The number of halogens is 1. The van der Waals surface area contributed by atoms with Gasteiger partial charge in [0.25, 0.3) is 0 Å². The summed E-state index contributed by atoms with van der Waals surface area (Å²) in [5.74, 6) is 0.863. The number of nitrogens with zero attached hydrogens (tertiary/aromatic N) is 3. The van der Waals surface area contributed by atoms with Crippen molar-refractivity contribution in [3.05, 3.63) is 33.5 Å². The molecular weight excluding hydrogens is 465 g/mol. The van der Waals surface area contributed by atoms with E-state index in [-0.39, 0.29) is 24.0 Å². The minimum absolute atomic E-state index is 0. The summed E-state index contributed by atoms with van der Waals surface area (Å²) in [6.07, 6.45) is 4.55. The molecular formula is C17H26IN5S2. The van der Waals surface area contributed by atoms with Crippen LogP contribution in [0.4, 0.5) is 5.13 Å². The maximum absolute atomic E-state index is 4.76. The predicted molar refractivity (Wildman–Crippen MR) is 120 cm³/mol. The van der Waals surface area contributed by atoms with Crippen molar-refractivity contribution >= 4 is 57.7 Å². The molecule has 2 N–H and O–H groups in total. The second kappa shape index (κ2) is 11.0. The van der Waals surface area contributed by atoms with Gasteiger partial charge in [-0.15, -0.1) is 46.7 Å². The van der Waals surface area contributed by atoms with E-state index < -0.39 is 0 Å². The molecule has 0 saturated carbocycles. The van der Waals surface area contributed by atoms with Crippen LogP contribution in [0, 0.1) is 0 Å². The fraction of sp³-hybridized carbons (Fsp3) is 0.529. The van der Waals surface area contributed by atoms with Crippen molar-refractivity contribution in [1.82, 2.24) is 15.6 Å². The summed E-state index contributed by atoms with van der Waals surface area (Å²) >= 11 is 3.56. The Bertz CT molecular complexity index is 635. The topological polar surface area (TPSA) is 52.6 Å². The van der Waals surface area contributed by atoms with Gasteiger partial charge < -0.3 is 15.5 Å². The lowest BCUT2D eigenvalue weighted by Gasteiger charge is -2.12. The van der Waals surface area contributed by atoms with E-state index >= 15 is 0 Å². The molecule has 0 bridgehead atoms. The lowest BCUT2D eigenvalue weighted by Crippen LogP contribution is -2.39. The summed E-state index contributed by atoms with van der Waals surface area (Å²) < 4.78 is 0. The van der Waals surface area contributed by atoms with Crippen LogP contribution in [-0.2, 0) is 12.8 Å². The summed E-state index contributed by atoms with van der Waals surface area (Å²) in [4.78, 5) is 12.8. The molecule has 8 heteroatoms. The highest BCUT2D eigenvalue weighted by Gasteiger charge is 2.15. The van der Waals surface area contributed by atoms with E-state index in [1.54, 1.807) is 22.7 Å². The summed E-state index contributed by atoms with van der Waals surface area (Å²) in [5.41, 5.74) is 1.17. The van der Waals surface area contributed by atoms with Crippen LogP contribution in [0.5, 0.6) is 0 Å². The van der Waals surface area contributed by atoms with Crippen LogP contribution in [0.3, 0.4) is 0 Å². The van der Waals surface area contributed by atoms with Gasteiger partial charge in [-0.3, -0.25) is 4.99 Å². The molecule has 0 atom stereocenters. The quantitative estimate of drug-likeness (QED) is 0.354. The molecule has 1 aliphatic rings. The minimum Gasteiger partial charge on any atom is -0.356 e. The number of aliphatic imine (C=N–C) groups is 1. The fourth-order valence-electron chi connectivity index (χ4n) is 2.75. The maximum Gasteiger partial charge on any atom is 0.191 e. The molecule has 25 heavy (non-hydrogen) atoms. The van der Waals surface area contributed by atoms with Gasteiger partial charge in [0.05, 0.1) is 5.69 Å². The zero-order valence-electron chi connectivity index (χ0n) is 14.5. The molecule has 1 aliphatic heterocycles. The lowest BCUT2D eigenvalue weighted by molar-refractivity contribution is 0.780. The van der Waals surface area contributed by atoms with Crippen molar-refractivity contribution in [3.8, 4) is 0 Å². The number of hydrogen-bond donors (Lipinski definition) is 2. The number of nitrogens with one attached hydrogen (secondary N) is 2. The van der Waals surface area contributed by atoms with Gasteiger partial charge in [0.15, 0.2) is 11.1 Å². The Kier molecular flexibility index (Phi) is 8.97. The first-order valence-electron chi connectivity index (χ1n) is 8.51. The molecule has 3 rings (SSSR count). The molecule has 0 aromatic carbocycles. The van der Waals surface area contributed by atoms with Crippen LogP contribution < -0.4 is 15.5 Å². The van der Waals surface area contributed by atoms with Crippen LogP contribution in [0.15, 0.2) is 27.9 Å². The molecule has 0 spiro atoms. The van der Waals surface area contributed by atoms with Gasteiger partial charge in [-0.05, 0) is 30.7 Å². The van der Waals surface area contributed by atoms with E-state index in [1.807, 2.05) is 7.05 Å². The van der Waals surface area contributed by atoms with Crippen molar-refractivity contribution in [2.75, 3.05) is 38.1 Å². The number of anilines is 1. The first-order valence-corrected chi connectivity index (χ1v) is 10.3. The highest BCUT2D eigenvalue weighted by atomic mass is 127. The van der Waals surface area contributed by atoms with Crippen molar-refractivity contribution < 1.29 is 0 Å². The van der Waals surface area contributed by atoms with Crippen LogP contribution in [0.1, 0.15) is 23.4 Å². The van der Waals surface area contributed by atoms with E-state index in [9.17, 15) is 0 Å². The van der Waals surface area contributed by atoms with Gasteiger partial charge in [-0.25, -0.2) is 4.98 Å². The van der Waals surface area contributed by atoms with Crippen LogP contribution in [-0.4, -0.2) is 44.2 Å². The maximum atomic E-state index is 4.76. The third kappa shape index (κ3) is 6.41. The first-order chi connectivity index (χ1) is 11.8. The van der Waals surface area contributed by atoms with Crippen molar-refractivity contribution in [1.29, 1.82) is 0 Å². The fourth-order valence-corrected chi connectivity index (χ4v) is 4.38. The summed E-state index contributed by atoms with van der Waals surface area (Å²) in [7, 11) is 1.81. The average Bonchev–Trinajstić information content (AvgIpc) is 3.34. The number of hydrogen-bond acceptors (Lipinski definition) is 5. The number of aromatic nitrogens is 1. The third-order valence-electron chi connectivity index (χ3n) is 4.06. The summed E-state index contributed by atoms with van der Waals surface area (Å²) in [6, 6.07) is 4.26. The Hall–Kier alpha value is -0.870. The lowest BCUT2D eigenvalue weighted by atomic mass is 10.3. The van der Waals surface area contributed by atoms with Gasteiger partial charge in [0, 0.05) is 49.9 Å². The van der Waals surface area contributed by atoms with Gasteiger partial charge in [-0.2, -0.15) is 0 Å². The van der Waals surface area contributed by atoms with E-state index in [0.717, 1.165) is 45.0 Å². The van der Waals surface area contributed by atoms with Gasteiger partial charge >= 0.3 is 0 Å². The van der Waals surface area contributed by atoms with E-state index in [0.29, 0.717) is 0 Å². The van der Waals surface area contributed by atoms with Gasteiger partial charge in [-0.1, -0.05) is 6.07 Å². The number of guanidine groups is 1. The molecule has 2 aromatic rings. The van der Waals surface area contributed by atoms with Crippen molar-refractivity contribution in [2.24, 2.45) is 4.99 Å². The number of thiazole rings is 1. The zero-order valence-corrected chi connectivity index (χ0v) is 18.5. The molecule has 1 fully saturated rings. The highest BCUT2D eigenvalue weighted by molar-refractivity contribution is 14.0. The number of thiophene rings is 1. The Morgan fingerprint density at radius 1 is 1.20 bits per heavy atom. The van der Waals surface area contributed by atoms with E-state index in [2.05, 4.69) is 43.4 Å². The Morgan fingerprint density at radius 2 is 1.96 bits per heavy atom. The molecule has 3 heterocycles. The zero-order chi connectivity index (χ0) is 16.6. The standard InChI is InChI=1S/C17H25N5S2.HI/c1-18-16(20-9-7-15-5-4-12-23-15)19-8-6-14-13-24-17(21-14)22-10-2-3-11-22;/h4-5,12-13H,2-3,6-11H2,1H3,(H2,18,19,20);1H. The third-order valence-corrected chi connectivity index (χ3v) is 5.94. The Balaban J connectivity index is 0.00000225. The van der Waals surface area contributed by atoms with E-state index in [1.165, 1.54) is 28.5 Å². The molecule has 0 unspecified atom stereocenters. The molecule has 0 aliphatic carbocycles. The predicted octanol–water partition coefficient (Wildman–Crippen LogP) is 3.37. The largest absolute Gasteiger partial charge is 0.356 e.